The average molecular weight is 294 g/mol. The number of benzene rings is 4. The molecule has 1 aliphatic carbocycles. The lowest BCUT2D eigenvalue weighted by Gasteiger charge is -2.15. The maximum atomic E-state index is 2.40. The number of aryl methyl sites for hydroxylation is 2. The van der Waals surface area contributed by atoms with Crippen LogP contribution in [0.3, 0.4) is 0 Å². The van der Waals surface area contributed by atoms with Gasteiger partial charge < -0.3 is 0 Å². The normalized spacial score (nSPS) is 13.3. The van der Waals surface area contributed by atoms with Crippen LogP contribution in [0.25, 0.3) is 38.4 Å². The molecule has 0 heterocycles. The highest BCUT2D eigenvalue weighted by atomic mass is 14.2. The smallest absolute Gasteiger partial charge is 0.00879 e. The van der Waals surface area contributed by atoms with Crippen LogP contribution in [0, 0.1) is 13.8 Å². The van der Waals surface area contributed by atoms with Gasteiger partial charge in [-0.05, 0) is 99.1 Å². The van der Waals surface area contributed by atoms with E-state index in [1.807, 2.05) is 0 Å². The van der Waals surface area contributed by atoms with Crippen molar-refractivity contribution in [2.24, 2.45) is 0 Å². The third kappa shape index (κ3) is 1.72. The number of hydrogen-bond donors (Lipinski definition) is 0. The van der Waals surface area contributed by atoms with Crippen molar-refractivity contribution in [2.45, 2.75) is 20.3 Å². The summed E-state index contributed by atoms with van der Waals surface area (Å²) in [7, 11) is 0. The van der Waals surface area contributed by atoms with Crippen molar-refractivity contribution in [3.8, 4) is 0 Å². The summed E-state index contributed by atoms with van der Waals surface area (Å²) in [5.41, 5.74) is 5.65. The summed E-state index contributed by atoms with van der Waals surface area (Å²) in [4.78, 5) is 0. The summed E-state index contributed by atoms with van der Waals surface area (Å²) in [5.74, 6) is 0. The molecule has 0 spiro atoms. The van der Waals surface area contributed by atoms with Crippen LogP contribution >= 0.6 is 0 Å². The van der Waals surface area contributed by atoms with Gasteiger partial charge in [0.15, 0.2) is 0 Å². The molecule has 0 amide bonds. The van der Waals surface area contributed by atoms with Gasteiger partial charge in [-0.25, -0.2) is 0 Å². The van der Waals surface area contributed by atoms with Crippen LogP contribution < -0.4 is 0 Å². The van der Waals surface area contributed by atoms with Crippen molar-refractivity contribution >= 4 is 38.4 Å². The molecular weight excluding hydrogens is 276 g/mol. The summed E-state index contributed by atoms with van der Waals surface area (Å²) in [6, 6.07) is 18.2. The van der Waals surface area contributed by atoms with E-state index in [1.54, 1.807) is 0 Å². The van der Waals surface area contributed by atoms with Crippen molar-refractivity contribution in [2.75, 3.05) is 0 Å². The van der Waals surface area contributed by atoms with Gasteiger partial charge in [0.05, 0.1) is 0 Å². The second kappa shape index (κ2) is 4.45. The van der Waals surface area contributed by atoms with Gasteiger partial charge in [-0.3, -0.25) is 0 Å². The highest BCUT2D eigenvalue weighted by Gasteiger charge is 2.13. The Morgan fingerprint density at radius 1 is 0.696 bits per heavy atom. The molecule has 0 bridgehead atoms. The van der Waals surface area contributed by atoms with Crippen molar-refractivity contribution in [3.63, 3.8) is 0 Å². The maximum Gasteiger partial charge on any atom is -0.00879 e. The number of rotatable bonds is 0. The third-order valence-corrected chi connectivity index (χ3v) is 5.42. The zero-order chi connectivity index (χ0) is 15.6. The fourth-order valence-corrected chi connectivity index (χ4v) is 4.08. The van der Waals surface area contributed by atoms with E-state index in [9.17, 15) is 0 Å². The first-order valence-corrected chi connectivity index (χ1v) is 8.27. The molecule has 0 saturated carbocycles. The zero-order valence-electron chi connectivity index (χ0n) is 13.5. The van der Waals surface area contributed by atoms with Crippen LogP contribution in [0.15, 0.2) is 54.6 Å². The summed E-state index contributed by atoms with van der Waals surface area (Å²) in [6.45, 7) is 4.54. The SMILES string of the molecule is Cc1c2cc3c(cc2c(C)c2cc4ccccc4cc12)CC=C3. The molecule has 4 aromatic carbocycles. The fourth-order valence-electron chi connectivity index (χ4n) is 4.08. The van der Waals surface area contributed by atoms with Crippen molar-refractivity contribution < 1.29 is 0 Å². The van der Waals surface area contributed by atoms with Gasteiger partial charge in [0.1, 0.15) is 0 Å². The zero-order valence-corrected chi connectivity index (χ0v) is 13.5. The average Bonchev–Trinajstić information content (AvgIpc) is 3.04. The van der Waals surface area contributed by atoms with Crippen LogP contribution in [-0.2, 0) is 6.42 Å². The van der Waals surface area contributed by atoms with Gasteiger partial charge in [0.25, 0.3) is 0 Å². The van der Waals surface area contributed by atoms with Crippen LogP contribution in [0.4, 0.5) is 0 Å². The summed E-state index contributed by atoms with van der Waals surface area (Å²) in [6.07, 6.45) is 5.59. The van der Waals surface area contributed by atoms with Crippen molar-refractivity contribution in [3.05, 3.63) is 76.9 Å². The van der Waals surface area contributed by atoms with Gasteiger partial charge in [-0.1, -0.05) is 36.4 Å². The van der Waals surface area contributed by atoms with E-state index in [-0.39, 0.29) is 0 Å². The van der Waals surface area contributed by atoms with E-state index in [1.165, 1.54) is 54.6 Å². The standard InChI is InChI=1S/C23H18/c1-14-20-10-16-6-3-4-7-17(16)11-21(20)15(2)23-13-19-9-5-8-18(19)12-22(14)23/h3-8,10-13H,9H2,1-2H3. The molecular formula is C23H18. The molecule has 0 fully saturated rings. The van der Waals surface area contributed by atoms with E-state index >= 15 is 0 Å². The van der Waals surface area contributed by atoms with E-state index < -0.39 is 0 Å². The van der Waals surface area contributed by atoms with Crippen molar-refractivity contribution in [1.29, 1.82) is 0 Å². The lowest BCUT2D eigenvalue weighted by atomic mass is 9.89. The van der Waals surface area contributed by atoms with E-state index in [0.29, 0.717) is 0 Å². The molecule has 1 aliphatic rings. The Hall–Kier alpha value is -2.60. The van der Waals surface area contributed by atoms with Crippen LogP contribution in [0.1, 0.15) is 22.3 Å². The van der Waals surface area contributed by atoms with E-state index in [4.69, 9.17) is 0 Å². The van der Waals surface area contributed by atoms with Crippen LogP contribution in [0.5, 0.6) is 0 Å². The molecule has 4 aromatic rings. The molecule has 0 radical (unpaired) electrons. The molecule has 23 heavy (non-hydrogen) atoms. The second-order valence-electron chi connectivity index (χ2n) is 6.70. The predicted octanol–water partition coefficient (Wildman–Crippen LogP) is 6.33. The number of allylic oxidation sites excluding steroid dienone is 1. The first-order valence-electron chi connectivity index (χ1n) is 8.27. The highest BCUT2D eigenvalue weighted by Crippen LogP contribution is 2.37. The lowest BCUT2D eigenvalue weighted by molar-refractivity contribution is 1.32. The summed E-state index contributed by atoms with van der Waals surface area (Å²) >= 11 is 0. The molecule has 0 atom stereocenters. The van der Waals surface area contributed by atoms with E-state index in [2.05, 4.69) is 74.5 Å². The van der Waals surface area contributed by atoms with Crippen LogP contribution in [-0.4, -0.2) is 0 Å². The molecule has 0 unspecified atom stereocenters. The second-order valence-corrected chi connectivity index (χ2v) is 6.70. The molecule has 5 rings (SSSR count). The van der Waals surface area contributed by atoms with Gasteiger partial charge >= 0.3 is 0 Å². The third-order valence-electron chi connectivity index (χ3n) is 5.42. The first kappa shape index (κ1) is 12.9. The Labute approximate surface area is 136 Å². The Morgan fingerprint density at radius 3 is 1.91 bits per heavy atom. The molecule has 0 heteroatoms. The van der Waals surface area contributed by atoms with Gasteiger partial charge in [0.2, 0.25) is 0 Å². The molecule has 0 nitrogen and oxygen atoms in total. The van der Waals surface area contributed by atoms with Gasteiger partial charge in [-0.15, -0.1) is 0 Å². The Balaban J connectivity index is 2.01. The molecule has 0 N–H and O–H groups in total. The Kier molecular flexibility index (Phi) is 2.50. The highest BCUT2D eigenvalue weighted by molar-refractivity contribution is 6.10. The fraction of sp³-hybridized carbons (Fsp3) is 0.130. The van der Waals surface area contributed by atoms with Crippen molar-refractivity contribution in [1.82, 2.24) is 0 Å². The molecule has 110 valence electrons. The first-order chi connectivity index (χ1) is 11.2. The Morgan fingerprint density at radius 2 is 1.26 bits per heavy atom. The Bertz CT molecular complexity index is 1140. The molecule has 0 aromatic heterocycles. The predicted molar refractivity (Wildman–Crippen MR) is 101 cm³/mol. The largest absolute Gasteiger partial charge is 0.0795 e. The minimum atomic E-state index is 1.07. The van der Waals surface area contributed by atoms with Gasteiger partial charge in [0, 0.05) is 0 Å². The van der Waals surface area contributed by atoms with Crippen LogP contribution in [0.2, 0.25) is 0 Å². The monoisotopic (exact) mass is 294 g/mol. The minimum absolute atomic E-state index is 1.07. The topological polar surface area (TPSA) is 0 Å². The molecule has 0 saturated heterocycles. The van der Waals surface area contributed by atoms with Gasteiger partial charge in [-0.2, -0.15) is 0 Å². The maximum absolute atomic E-state index is 2.40. The summed E-state index contributed by atoms with van der Waals surface area (Å²) in [5, 5.41) is 8.23. The lowest BCUT2D eigenvalue weighted by Crippen LogP contribution is -1.91. The molecule has 0 aliphatic heterocycles. The quantitative estimate of drug-likeness (QED) is 0.332. The summed E-state index contributed by atoms with van der Waals surface area (Å²) < 4.78 is 0. The van der Waals surface area contributed by atoms with E-state index in [0.717, 1.165) is 6.42 Å². The number of fused-ring (bicyclic) bond motifs is 4. The minimum Gasteiger partial charge on any atom is -0.0795 e. The number of hydrogen-bond acceptors (Lipinski definition) is 0.